The number of terminal acetylenes is 1. The first-order valence-corrected chi connectivity index (χ1v) is 15.1. The zero-order chi connectivity index (χ0) is 31.0. The number of morpholine rings is 1. The van der Waals surface area contributed by atoms with E-state index in [1.54, 1.807) is 0 Å². The van der Waals surface area contributed by atoms with E-state index in [1.807, 2.05) is 4.90 Å². The molecule has 5 heterocycles. The van der Waals surface area contributed by atoms with Crippen LogP contribution in [0.3, 0.4) is 0 Å². The summed E-state index contributed by atoms with van der Waals surface area (Å²) in [5, 5.41) is 11.4. The molecule has 0 spiro atoms. The van der Waals surface area contributed by atoms with E-state index in [0.717, 1.165) is 25.8 Å². The van der Waals surface area contributed by atoms with Crippen LogP contribution < -0.4 is 14.4 Å². The minimum absolute atomic E-state index is 0.0397. The summed E-state index contributed by atoms with van der Waals surface area (Å²) in [6, 6.07) is 5.35. The normalized spacial score (nSPS) is 25.8. The van der Waals surface area contributed by atoms with Gasteiger partial charge in [-0.15, -0.1) is 6.42 Å². The van der Waals surface area contributed by atoms with E-state index < -0.39 is 23.3 Å². The van der Waals surface area contributed by atoms with Gasteiger partial charge in [0.25, 0.3) is 0 Å². The number of ether oxygens (including phenoxy) is 3. The number of methoxy groups -OCH3 is 1. The van der Waals surface area contributed by atoms with E-state index in [1.165, 1.54) is 31.4 Å². The number of phenolic OH excluding ortho intramolecular Hbond substituents is 1. The summed E-state index contributed by atoms with van der Waals surface area (Å²) < 4.78 is 64.0. The van der Waals surface area contributed by atoms with Crippen molar-refractivity contribution in [3.63, 3.8) is 0 Å². The molecule has 1 aliphatic carbocycles. The van der Waals surface area contributed by atoms with Crippen LogP contribution in [0.2, 0.25) is 0 Å². The highest BCUT2D eigenvalue weighted by molar-refractivity contribution is 6.04. The van der Waals surface area contributed by atoms with Crippen LogP contribution in [0, 0.1) is 24.0 Å². The highest BCUT2D eigenvalue weighted by atomic mass is 19.1. The molecule has 0 radical (unpaired) electrons. The molecule has 2 aromatic heterocycles. The Morgan fingerprint density at radius 2 is 2.04 bits per heavy atom. The maximum atomic E-state index is 16.9. The van der Waals surface area contributed by atoms with Gasteiger partial charge in [-0.3, -0.25) is 4.90 Å². The number of alkyl halides is 1. The summed E-state index contributed by atoms with van der Waals surface area (Å²) >= 11 is 0. The van der Waals surface area contributed by atoms with E-state index in [2.05, 4.69) is 20.8 Å². The van der Waals surface area contributed by atoms with Crippen LogP contribution in [0.25, 0.3) is 32.9 Å². The highest BCUT2D eigenvalue weighted by Crippen LogP contribution is 2.46. The number of benzene rings is 2. The fourth-order valence-corrected chi connectivity index (χ4v) is 7.50. The van der Waals surface area contributed by atoms with Gasteiger partial charge >= 0.3 is 6.01 Å². The van der Waals surface area contributed by atoms with Crippen LogP contribution in [-0.2, 0) is 4.74 Å². The third-order valence-corrected chi connectivity index (χ3v) is 9.62. The van der Waals surface area contributed by atoms with Crippen LogP contribution in [-0.4, -0.2) is 88.8 Å². The molecule has 45 heavy (non-hydrogen) atoms. The lowest BCUT2D eigenvalue weighted by atomic mass is 9.95. The molecule has 1 saturated carbocycles. The number of anilines is 1. The maximum Gasteiger partial charge on any atom is 0.319 e. The molecular formula is C33H30F3N5O4. The maximum absolute atomic E-state index is 16.9. The molecule has 2 unspecified atom stereocenters. The van der Waals surface area contributed by atoms with Gasteiger partial charge in [0.05, 0.1) is 37.0 Å². The predicted molar refractivity (Wildman–Crippen MR) is 160 cm³/mol. The highest BCUT2D eigenvalue weighted by Gasteiger charge is 2.50. The Hall–Kier alpha value is -4.34. The number of aromatic nitrogens is 3. The van der Waals surface area contributed by atoms with E-state index in [4.69, 9.17) is 25.6 Å². The van der Waals surface area contributed by atoms with E-state index in [0.29, 0.717) is 37.3 Å². The summed E-state index contributed by atoms with van der Waals surface area (Å²) in [5.41, 5.74) is -0.834. The average molecular weight is 618 g/mol. The summed E-state index contributed by atoms with van der Waals surface area (Å²) in [7, 11) is 1.41. The standard InChI is InChI=1S/C33H30F3N5O4/c1-3-20-22(35)6-5-17-11-19(42)12-21(25(17)20)28-27(36)29-26(31(37-28)43-2)30(41-9-10-44-24-13-23(24)41)39-32(38-29)45-16-33-7-4-8-40(33)15-18(34)14-33/h1,5-6,11-12,18,23-24,42H,4,7-10,13-16H2,2H3/t18-,23?,24?,33+/m1/s1. The van der Waals surface area contributed by atoms with Gasteiger partial charge in [0, 0.05) is 30.5 Å². The molecule has 4 aromatic rings. The van der Waals surface area contributed by atoms with E-state index in [-0.39, 0.29) is 69.5 Å². The van der Waals surface area contributed by atoms with Gasteiger partial charge in [-0.05, 0) is 49.4 Å². The molecule has 1 N–H and O–H groups in total. The summed E-state index contributed by atoms with van der Waals surface area (Å²) in [6.45, 7) is 2.28. The minimum Gasteiger partial charge on any atom is -0.508 e. The number of hydrogen-bond acceptors (Lipinski definition) is 9. The zero-order valence-corrected chi connectivity index (χ0v) is 24.5. The molecule has 3 saturated heterocycles. The number of phenols is 1. The van der Waals surface area contributed by atoms with Crippen LogP contribution in [0.1, 0.15) is 31.2 Å². The van der Waals surface area contributed by atoms with Crippen LogP contribution >= 0.6 is 0 Å². The van der Waals surface area contributed by atoms with E-state index >= 15 is 4.39 Å². The molecule has 3 aliphatic heterocycles. The summed E-state index contributed by atoms with van der Waals surface area (Å²) in [4.78, 5) is 18.0. The van der Waals surface area contributed by atoms with Crippen LogP contribution in [0.4, 0.5) is 19.0 Å². The predicted octanol–water partition coefficient (Wildman–Crippen LogP) is 4.75. The minimum atomic E-state index is -0.938. The molecule has 8 rings (SSSR count). The first-order valence-electron chi connectivity index (χ1n) is 15.1. The van der Waals surface area contributed by atoms with Crippen molar-refractivity contribution >= 4 is 27.5 Å². The first kappa shape index (κ1) is 28.2. The van der Waals surface area contributed by atoms with Gasteiger partial charge in [0.1, 0.15) is 46.8 Å². The lowest BCUT2D eigenvalue weighted by molar-refractivity contribution is 0.102. The molecule has 0 bridgehead atoms. The first-order chi connectivity index (χ1) is 21.8. The Kier molecular flexibility index (Phi) is 6.48. The molecule has 12 heteroatoms. The smallest absolute Gasteiger partial charge is 0.319 e. The van der Waals surface area contributed by atoms with Gasteiger partial charge in [-0.1, -0.05) is 12.0 Å². The molecule has 4 aliphatic rings. The second-order valence-electron chi connectivity index (χ2n) is 12.3. The molecule has 9 nitrogen and oxygen atoms in total. The summed E-state index contributed by atoms with van der Waals surface area (Å²) in [6.07, 6.45) is 7.67. The lowest BCUT2D eigenvalue weighted by Gasteiger charge is -2.31. The van der Waals surface area contributed by atoms with Crippen LogP contribution in [0.15, 0.2) is 24.3 Å². The topological polar surface area (TPSA) is 93.1 Å². The lowest BCUT2D eigenvalue weighted by Crippen LogP contribution is -2.43. The van der Waals surface area contributed by atoms with Crippen molar-refractivity contribution in [1.29, 1.82) is 0 Å². The van der Waals surface area contributed by atoms with Crippen molar-refractivity contribution in [2.45, 2.75) is 49.5 Å². The quantitative estimate of drug-likeness (QED) is 0.308. The number of hydrogen-bond donors (Lipinski definition) is 1. The Morgan fingerprint density at radius 1 is 1.18 bits per heavy atom. The van der Waals surface area contributed by atoms with Crippen LogP contribution in [0.5, 0.6) is 17.6 Å². The van der Waals surface area contributed by atoms with Crippen molar-refractivity contribution in [1.82, 2.24) is 19.9 Å². The Bertz CT molecular complexity index is 1920. The monoisotopic (exact) mass is 617 g/mol. The molecule has 4 fully saturated rings. The number of aromatic hydroxyl groups is 1. The van der Waals surface area contributed by atoms with Gasteiger partial charge in [0.15, 0.2) is 5.82 Å². The van der Waals surface area contributed by atoms with Crippen molar-refractivity contribution < 1.29 is 32.5 Å². The number of pyridine rings is 1. The molecule has 2 aromatic carbocycles. The molecule has 232 valence electrons. The zero-order valence-electron chi connectivity index (χ0n) is 24.5. The Labute approximate surface area is 256 Å². The van der Waals surface area contributed by atoms with Gasteiger partial charge < -0.3 is 24.2 Å². The van der Waals surface area contributed by atoms with Gasteiger partial charge in [-0.25, -0.2) is 18.2 Å². The van der Waals surface area contributed by atoms with Gasteiger partial charge in [-0.2, -0.15) is 9.97 Å². The van der Waals surface area contributed by atoms with Crippen molar-refractivity contribution in [3.8, 4) is 41.2 Å². The third-order valence-electron chi connectivity index (χ3n) is 9.62. The second kappa shape index (κ2) is 10.4. The van der Waals surface area contributed by atoms with Gasteiger partial charge in [0.2, 0.25) is 5.88 Å². The van der Waals surface area contributed by atoms with Crippen molar-refractivity contribution in [2.24, 2.45) is 0 Å². The average Bonchev–Trinajstić information content (AvgIpc) is 3.64. The van der Waals surface area contributed by atoms with E-state index in [9.17, 15) is 13.9 Å². The number of nitrogens with zero attached hydrogens (tertiary/aromatic N) is 5. The third kappa shape index (κ3) is 4.43. The number of halogens is 3. The molecule has 0 amide bonds. The Balaban J connectivity index is 1.33. The SMILES string of the molecule is C#Cc1c(F)ccc2cc(O)cc(-c3nc(OC)c4c(N5CCOC6CC65)nc(OC[C@@]56CCCN5C[C@H](F)C6)nc4c3F)c12. The molecular weight excluding hydrogens is 587 g/mol. The fraction of sp³-hybridized carbons (Fsp3) is 0.424. The second-order valence-corrected chi connectivity index (χ2v) is 12.3. The summed E-state index contributed by atoms with van der Waals surface area (Å²) in [5.74, 6) is 1.10. The Morgan fingerprint density at radius 3 is 2.87 bits per heavy atom. The van der Waals surface area contributed by atoms with Crippen molar-refractivity contribution in [2.75, 3.05) is 44.9 Å². The largest absolute Gasteiger partial charge is 0.508 e. The number of rotatable bonds is 6. The molecule has 4 atom stereocenters. The number of fused-ring (bicyclic) bond motifs is 4. The van der Waals surface area contributed by atoms with Crippen molar-refractivity contribution in [3.05, 3.63) is 41.5 Å². The fourth-order valence-electron chi connectivity index (χ4n) is 7.50.